The molecule has 4 rings (SSSR count). The first-order chi connectivity index (χ1) is 12.7. The molecule has 3 heterocycles. The van der Waals surface area contributed by atoms with E-state index in [0.717, 1.165) is 44.7 Å². The van der Waals surface area contributed by atoms with Gasteiger partial charge in [-0.25, -0.2) is 4.98 Å². The molecule has 0 spiro atoms. The predicted molar refractivity (Wildman–Crippen MR) is 101 cm³/mol. The molecule has 1 N–H and O–H groups in total. The molecule has 5 nitrogen and oxygen atoms in total. The van der Waals surface area contributed by atoms with Crippen LogP contribution in [0.3, 0.4) is 0 Å². The summed E-state index contributed by atoms with van der Waals surface area (Å²) in [7, 11) is 0. The molecular formula is C21H25N3O2. The van der Waals surface area contributed by atoms with Gasteiger partial charge in [0.15, 0.2) is 0 Å². The molecule has 0 bridgehead atoms. The van der Waals surface area contributed by atoms with Gasteiger partial charge < -0.3 is 14.9 Å². The minimum Gasteiger partial charge on any atom is -0.391 e. The van der Waals surface area contributed by atoms with Gasteiger partial charge in [-0.2, -0.15) is 0 Å². The van der Waals surface area contributed by atoms with Crippen LogP contribution in [0.2, 0.25) is 0 Å². The Morgan fingerprint density at radius 3 is 2.58 bits per heavy atom. The van der Waals surface area contributed by atoms with E-state index in [4.69, 9.17) is 0 Å². The topological polar surface area (TPSA) is 56.7 Å². The number of rotatable bonds is 3. The number of likely N-dealkylation sites (tertiary alicyclic amines) is 1. The fourth-order valence-electron chi connectivity index (χ4n) is 4.06. The zero-order valence-corrected chi connectivity index (χ0v) is 14.9. The molecule has 0 aliphatic carbocycles. The van der Waals surface area contributed by atoms with Crippen molar-refractivity contribution in [2.75, 3.05) is 31.1 Å². The Morgan fingerprint density at radius 2 is 1.85 bits per heavy atom. The molecule has 1 aromatic carbocycles. The third-order valence-corrected chi connectivity index (χ3v) is 5.52. The second kappa shape index (κ2) is 7.46. The average Bonchev–Trinajstić information content (AvgIpc) is 3.23. The van der Waals surface area contributed by atoms with Crippen LogP contribution in [0.5, 0.6) is 0 Å². The molecule has 2 aliphatic heterocycles. The van der Waals surface area contributed by atoms with Crippen molar-refractivity contribution in [3.8, 4) is 0 Å². The molecule has 2 atom stereocenters. The van der Waals surface area contributed by atoms with Gasteiger partial charge in [0, 0.05) is 43.9 Å². The summed E-state index contributed by atoms with van der Waals surface area (Å²) >= 11 is 0. The van der Waals surface area contributed by atoms with Crippen LogP contribution in [0.1, 0.15) is 41.1 Å². The van der Waals surface area contributed by atoms with Crippen molar-refractivity contribution in [3.63, 3.8) is 0 Å². The lowest BCUT2D eigenvalue weighted by Gasteiger charge is -2.37. The molecule has 2 aliphatic rings. The predicted octanol–water partition coefficient (Wildman–Crippen LogP) is 2.67. The molecule has 5 heteroatoms. The van der Waals surface area contributed by atoms with Crippen LogP contribution in [-0.2, 0) is 0 Å². The summed E-state index contributed by atoms with van der Waals surface area (Å²) in [6.45, 7) is 3.05. The van der Waals surface area contributed by atoms with Crippen molar-refractivity contribution >= 4 is 11.7 Å². The number of pyridine rings is 1. The lowest BCUT2D eigenvalue weighted by molar-refractivity contribution is 0.0792. The normalized spacial score (nSPS) is 23.3. The van der Waals surface area contributed by atoms with E-state index >= 15 is 0 Å². The summed E-state index contributed by atoms with van der Waals surface area (Å²) in [5.74, 6) is 1.02. The summed E-state index contributed by atoms with van der Waals surface area (Å²) in [5, 5.41) is 10.7. The van der Waals surface area contributed by atoms with Crippen molar-refractivity contribution in [2.45, 2.75) is 31.3 Å². The van der Waals surface area contributed by atoms with Crippen molar-refractivity contribution in [3.05, 3.63) is 59.8 Å². The largest absolute Gasteiger partial charge is 0.391 e. The van der Waals surface area contributed by atoms with E-state index < -0.39 is 6.10 Å². The number of carbonyl (C=O) groups excluding carboxylic acids is 1. The number of benzene rings is 1. The number of hydrogen-bond donors (Lipinski definition) is 1. The van der Waals surface area contributed by atoms with Crippen LogP contribution >= 0.6 is 0 Å². The van der Waals surface area contributed by atoms with Gasteiger partial charge in [-0.05, 0) is 37.0 Å². The number of carbonyl (C=O) groups is 1. The number of aromatic nitrogens is 1. The molecule has 2 saturated heterocycles. The fraction of sp³-hybridized carbons (Fsp3) is 0.429. The SMILES string of the molecule is O=C(c1ccnc(N2CC[C@@H](c3ccccc3)[C@H](O)C2)c1)N1CCCC1. The number of amides is 1. The number of nitrogens with zero attached hydrogens (tertiary/aromatic N) is 3. The highest BCUT2D eigenvalue weighted by Gasteiger charge is 2.30. The van der Waals surface area contributed by atoms with E-state index in [9.17, 15) is 9.90 Å². The average molecular weight is 351 g/mol. The smallest absolute Gasteiger partial charge is 0.254 e. The fourth-order valence-corrected chi connectivity index (χ4v) is 4.06. The number of aliphatic hydroxyl groups is 1. The van der Waals surface area contributed by atoms with Crippen LogP contribution in [0, 0.1) is 0 Å². The van der Waals surface area contributed by atoms with E-state index in [0.29, 0.717) is 12.1 Å². The van der Waals surface area contributed by atoms with Gasteiger partial charge in [0.2, 0.25) is 0 Å². The van der Waals surface area contributed by atoms with E-state index in [1.165, 1.54) is 5.56 Å². The second-order valence-electron chi connectivity index (χ2n) is 7.22. The molecule has 26 heavy (non-hydrogen) atoms. The molecule has 136 valence electrons. The maximum atomic E-state index is 12.6. The Bertz CT molecular complexity index is 759. The summed E-state index contributed by atoms with van der Waals surface area (Å²) in [5.41, 5.74) is 1.88. The van der Waals surface area contributed by atoms with Gasteiger partial charge in [0.1, 0.15) is 5.82 Å². The molecule has 1 aromatic heterocycles. The third-order valence-electron chi connectivity index (χ3n) is 5.52. The van der Waals surface area contributed by atoms with Crippen LogP contribution < -0.4 is 4.90 Å². The molecule has 0 radical (unpaired) electrons. The maximum Gasteiger partial charge on any atom is 0.254 e. The molecule has 2 aromatic rings. The summed E-state index contributed by atoms with van der Waals surface area (Å²) in [6.07, 6.45) is 4.31. The Labute approximate surface area is 154 Å². The lowest BCUT2D eigenvalue weighted by atomic mass is 9.87. The van der Waals surface area contributed by atoms with Gasteiger partial charge in [-0.3, -0.25) is 4.79 Å². The van der Waals surface area contributed by atoms with Crippen LogP contribution in [0.4, 0.5) is 5.82 Å². The number of β-amino-alcohol motifs (C(OH)–C–C–N with tert-alkyl or cyclic N) is 1. The highest BCUT2D eigenvalue weighted by atomic mass is 16.3. The Kier molecular flexibility index (Phi) is 4.89. The van der Waals surface area contributed by atoms with Gasteiger partial charge in [0.05, 0.1) is 6.10 Å². The van der Waals surface area contributed by atoms with E-state index in [1.807, 2.05) is 29.2 Å². The number of hydrogen-bond acceptors (Lipinski definition) is 4. The monoisotopic (exact) mass is 351 g/mol. The molecule has 2 fully saturated rings. The molecular weight excluding hydrogens is 326 g/mol. The lowest BCUT2D eigenvalue weighted by Crippen LogP contribution is -2.43. The standard InChI is InChI=1S/C21H25N3O2/c25-19-15-24(13-9-18(19)16-6-2-1-3-7-16)20-14-17(8-10-22-20)21(26)23-11-4-5-12-23/h1-3,6-8,10,14,18-19,25H,4-5,9,11-13,15H2/t18-,19+/m0/s1. The number of aliphatic hydroxyl groups excluding tert-OH is 1. The number of piperidine rings is 1. The van der Waals surface area contributed by atoms with E-state index in [-0.39, 0.29) is 11.8 Å². The zero-order chi connectivity index (χ0) is 17.9. The highest BCUT2D eigenvalue weighted by Crippen LogP contribution is 2.30. The quantitative estimate of drug-likeness (QED) is 0.924. The van der Waals surface area contributed by atoms with Crippen molar-refractivity contribution in [1.82, 2.24) is 9.88 Å². The molecule has 1 amide bonds. The first kappa shape index (κ1) is 17.0. The minimum atomic E-state index is -0.439. The summed E-state index contributed by atoms with van der Waals surface area (Å²) in [4.78, 5) is 21.1. The Balaban J connectivity index is 1.47. The highest BCUT2D eigenvalue weighted by molar-refractivity contribution is 5.95. The molecule has 0 unspecified atom stereocenters. The second-order valence-corrected chi connectivity index (χ2v) is 7.22. The van der Waals surface area contributed by atoms with Gasteiger partial charge in [-0.1, -0.05) is 30.3 Å². The van der Waals surface area contributed by atoms with Crippen molar-refractivity contribution in [2.24, 2.45) is 0 Å². The van der Waals surface area contributed by atoms with Crippen LogP contribution in [0.15, 0.2) is 48.7 Å². The molecule has 0 saturated carbocycles. The third kappa shape index (κ3) is 3.44. The van der Waals surface area contributed by atoms with E-state index in [1.54, 1.807) is 12.3 Å². The Morgan fingerprint density at radius 1 is 1.08 bits per heavy atom. The summed E-state index contributed by atoms with van der Waals surface area (Å²) in [6, 6.07) is 13.9. The van der Waals surface area contributed by atoms with Crippen molar-refractivity contribution in [1.29, 1.82) is 0 Å². The van der Waals surface area contributed by atoms with Crippen LogP contribution in [-0.4, -0.2) is 53.2 Å². The van der Waals surface area contributed by atoms with Crippen molar-refractivity contribution < 1.29 is 9.90 Å². The van der Waals surface area contributed by atoms with Crippen LogP contribution in [0.25, 0.3) is 0 Å². The summed E-state index contributed by atoms with van der Waals surface area (Å²) < 4.78 is 0. The Hall–Kier alpha value is -2.40. The van der Waals surface area contributed by atoms with E-state index in [2.05, 4.69) is 22.0 Å². The first-order valence-electron chi connectivity index (χ1n) is 9.45. The maximum absolute atomic E-state index is 12.6. The zero-order valence-electron chi connectivity index (χ0n) is 14.9. The van der Waals surface area contributed by atoms with Gasteiger partial charge >= 0.3 is 0 Å². The number of anilines is 1. The minimum absolute atomic E-state index is 0.0888. The van der Waals surface area contributed by atoms with Gasteiger partial charge in [-0.15, -0.1) is 0 Å². The van der Waals surface area contributed by atoms with Gasteiger partial charge in [0.25, 0.3) is 5.91 Å². The first-order valence-corrected chi connectivity index (χ1v) is 9.45.